The Hall–Kier alpha value is -1.75. The molecule has 0 bridgehead atoms. The van der Waals surface area contributed by atoms with E-state index in [4.69, 9.17) is 11.6 Å². The Morgan fingerprint density at radius 3 is 2.22 bits per heavy atom. The van der Waals surface area contributed by atoms with E-state index in [0.29, 0.717) is 11.6 Å². The van der Waals surface area contributed by atoms with E-state index in [1.54, 1.807) is 0 Å². The monoisotopic (exact) mass is 391 g/mol. The van der Waals surface area contributed by atoms with Crippen molar-refractivity contribution in [3.63, 3.8) is 0 Å². The molecule has 0 aliphatic heterocycles. The van der Waals surface area contributed by atoms with Crippen molar-refractivity contribution in [1.82, 2.24) is 16.0 Å². The number of rotatable bonds is 5. The summed E-state index contributed by atoms with van der Waals surface area (Å²) in [5, 5.41) is 9.81. The van der Waals surface area contributed by atoms with Gasteiger partial charge < -0.3 is 16.0 Å². The van der Waals surface area contributed by atoms with Crippen molar-refractivity contribution in [2.45, 2.75) is 76.4 Å². The summed E-state index contributed by atoms with van der Waals surface area (Å²) in [5.41, 5.74) is 0.889. The predicted octanol–water partition coefficient (Wildman–Crippen LogP) is 4.15. The molecule has 2 atom stereocenters. The minimum Gasteiger partial charge on any atom is -0.351 e. The Morgan fingerprint density at radius 2 is 1.52 bits per heavy atom. The first kappa shape index (κ1) is 20.0. The number of nitrogens with one attached hydrogen (secondary N) is 3. The molecule has 2 aliphatic rings. The average molecular weight is 392 g/mol. The van der Waals surface area contributed by atoms with Gasteiger partial charge in [-0.2, -0.15) is 0 Å². The number of carbonyl (C=O) groups is 2. The van der Waals surface area contributed by atoms with Crippen molar-refractivity contribution in [1.29, 1.82) is 0 Å². The summed E-state index contributed by atoms with van der Waals surface area (Å²) < 4.78 is 0. The average Bonchev–Trinajstić information content (AvgIpc) is 2.69. The first-order chi connectivity index (χ1) is 13.1. The van der Waals surface area contributed by atoms with Crippen LogP contribution >= 0.6 is 11.6 Å². The van der Waals surface area contributed by atoms with Crippen LogP contribution in [0.5, 0.6) is 0 Å². The van der Waals surface area contributed by atoms with Crippen LogP contribution in [-0.2, 0) is 11.3 Å². The van der Waals surface area contributed by atoms with Crippen LogP contribution in [0.2, 0.25) is 5.02 Å². The lowest BCUT2D eigenvalue weighted by Crippen LogP contribution is -2.55. The first-order valence-corrected chi connectivity index (χ1v) is 10.6. The third-order valence-corrected chi connectivity index (χ3v) is 6.15. The van der Waals surface area contributed by atoms with Gasteiger partial charge in [-0.25, -0.2) is 4.79 Å². The molecule has 2 saturated carbocycles. The minimum absolute atomic E-state index is 0.0162. The highest BCUT2D eigenvalue weighted by Crippen LogP contribution is 2.25. The molecular formula is C21H30ClN3O2. The lowest BCUT2D eigenvalue weighted by molar-refractivity contribution is -0.127. The lowest BCUT2D eigenvalue weighted by Gasteiger charge is -2.34. The van der Waals surface area contributed by atoms with Gasteiger partial charge in [0, 0.05) is 23.5 Å². The van der Waals surface area contributed by atoms with E-state index >= 15 is 0 Å². The molecule has 3 N–H and O–H groups in total. The maximum atomic E-state index is 12.6. The number of urea groups is 1. The summed E-state index contributed by atoms with van der Waals surface area (Å²) in [6, 6.07) is 7.28. The summed E-state index contributed by atoms with van der Waals surface area (Å²) in [6.07, 6.45) is 9.51. The van der Waals surface area contributed by atoms with E-state index in [1.165, 1.54) is 6.42 Å². The fourth-order valence-corrected chi connectivity index (χ4v) is 4.38. The summed E-state index contributed by atoms with van der Waals surface area (Å²) >= 11 is 6.13. The standard InChI is InChI=1S/C21H30ClN3O2/c22-17-11-5-4-10-16(17)14-23-21(27)25-19-13-7-6-12-18(19)24-20(26)15-8-2-1-3-9-15/h4-5,10-11,15,18-19H,1-3,6-9,12-14H2,(H,24,26)(H2,23,25,27). The Labute approximate surface area is 166 Å². The van der Waals surface area contributed by atoms with Crippen molar-refractivity contribution in [2.24, 2.45) is 5.92 Å². The van der Waals surface area contributed by atoms with Gasteiger partial charge in [-0.3, -0.25) is 4.79 Å². The predicted molar refractivity (Wildman–Crippen MR) is 108 cm³/mol. The second-order valence-electron chi connectivity index (χ2n) is 7.76. The van der Waals surface area contributed by atoms with Gasteiger partial charge in [0.15, 0.2) is 0 Å². The molecule has 0 heterocycles. The molecule has 0 saturated heterocycles. The molecule has 2 fully saturated rings. The maximum absolute atomic E-state index is 12.6. The lowest BCUT2D eigenvalue weighted by atomic mass is 9.86. The highest BCUT2D eigenvalue weighted by Gasteiger charge is 2.30. The number of hydrogen-bond acceptors (Lipinski definition) is 2. The summed E-state index contributed by atoms with van der Waals surface area (Å²) in [5.74, 6) is 0.320. The highest BCUT2D eigenvalue weighted by molar-refractivity contribution is 6.31. The fraction of sp³-hybridized carbons (Fsp3) is 0.619. The molecule has 148 valence electrons. The molecule has 6 heteroatoms. The molecule has 5 nitrogen and oxygen atoms in total. The molecule has 1 aromatic carbocycles. The van der Waals surface area contributed by atoms with Crippen LogP contribution in [0.1, 0.15) is 63.4 Å². The van der Waals surface area contributed by atoms with E-state index in [2.05, 4.69) is 16.0 Å². The van der Waals surface area contributed by atoms with Crippen LogP contribution in [0.3, 0.4) is 0 Å². The topological polar surface area (TPSA) is 70.2 Å². The Bertz CT molecular complexity index is 646. The molecule has 0 aromatic heterocycles. The smallest absolute Gasteiger partial charge is 0.315 e. The molecule has 3 rings (SSSR count). The third-order valence-electron chi connectivity index (χ3n) is 5.78. The van der Waals surface area contributed by atoms with Gasteiger partial charge >= 0.3 is 6.03 Å². The summed E-state index contributed by atoms with van der Waals surface area (Å²) in [6.45, 7) is 0.386. The third kappa shape index (κ3) is 5.86. The van der Waals surface area contributed by atoms with E-state index in [-0.39, 0.29) is 29.9 Å². The molecule has 0 radical (unpaired) electrons. The number of amides is 3. The van der Waals surface area contributed by atoms with Crippen molar-refractivity contribution in [2.75, 3.05) is 0 Å². The Balaban J connectivity index is 1.49. The van der Waals surface area contributed by atoms with Crippen LogP contribution in [0, 0.1) is 5.92 Å². The van der Waals surface area contributed by atoms with Gasteiger partial charge in [-0.15, -0.1) is 0 Å². The normalized spacial score (nSPS) is 23.4. The zero-order chi connectivity index (χ0) is 19.1. The van der Waals surface area contributed by atoms with E-state index in [1.807, 2.05) is 24.3 Å². The molecule has 0 spiro atoms. The number of carbonyl (C=O) groups excluding carboxylic acids is 2. The summed E-state index contributed by atoms with van der Waals surface area (Å²) in [4.78, 5) is 24.9. The molecule has 2 unspecified atom stereocenters. The quantitative estimate of drug-likeness (QED) is 0.705. The van der Waals surface area contributed by atoms with Gasteiger partial charge in [0.05, 0.1) is 6.04 Å². The number of hydrogen-bond donors (Lipinski definition) is 3. The maximum Gasteiger partial charge on any atom is 0.315 e. The van der Waals surface area contributed by atoms with Crippen LogP contribution in [0.15, 0.2) is 24.3 Å². The number of halogens is 1. The van der Waals surface area contributed by atoms with Crippen LogP contribution in [0.4, 0.5) is 4.79 Å². The van der Waals surface area contributed by atoms with Crippen molar-refractivity contribution in [3.05, 3.63) is 34.9 Å². The SMILES string of the molecule is O=C(NCc1ccccc1Cl)NC1CCCCC1NC(=O)C1CCCCC1. The highest BCUT2D eigenvalue weighted by atomic mass is 35.5. The van der Waals surface area contributed by atoms with Crippen LogP contribution in [0.25, 0.3) is 0 Å². The zero-order valence-electron chi connectivity index (χ0n) is 15.8. The molecule has 27 heavy (non-hydrogen) atoms. The minimum atomic E-state index is -0.210. The van der Waals surface area contributed by atoms with Crippen molar-refractivity contribution < 1.29 is 9.59 Å². The van der Waals surface area contributed by atoms with E-state index in [9.17, 15) is 9.59 Å². The van der Waals surface area contributed by atoms with E-state index in [0.717, 1.165) is 56.9 Å². The largest absolute Gasteiger partial charge is 0.351 e. The van der Waals surface area contributed by atoms with E-state index < -0.39 is 0 Å². The number of benzene rings is 1. The molecular weight excluding hydrogens is 362 g/mol. The van der Waals surface area contributed by atoms with Gasteiger partial charge in [0.2, 0.25) is 5.91 Å². The van der Waals surface area contributed by atoms with Gasteiger partial charge in [-0.1, -0.05) is 61.9 Å². The van der Waals surface area contributed by atoms with Crippen molar-refractivity contribution >= 4 is 23.5 Å². The van der Waals surface area contributed by atoms with Gasteiger partial charge in [0.25, 0.3) is 0 Å². The molecule has 2 aliphatic carbocycles. The zero-order valence-corrected chi connectivity index (χ0v) is 16.6. The van der Waals surface area contributed by atoms with Crippen LogP contribution < -0.4 is 16.0 Å². The second kappa shape index (κ2) is 9.98. The van der Waals surface area contributed by atoms with Crippen molar-refractivity contribution in [3.8, 4) is 0 Å². The first-order valence-electron chi connectivity index (χ1n) is 10.2. The Kier molecular flexibility index (Phi) is 7.39. The Morgan fingerprint density at radius 1 is 0.889 bits per heavy atom. The molecule has 1 aromatic rings. The fourth-order valence-electron chi connectivity index (χ4n) is 4.18. The van der Waals surface area contributed by atoms with Gasteiger partial charge in [-0.05, 0) is 37.3 Å². The second-order valence-corrected chi connectivity index (χ2v) is 8.17. The van der Waals surface area contributed by atoms with Crippen LogP contribution in [-0.4, -0.2) is 24.0 Å². The van der Waals surface area contributed by atoms with Gasteiger partial charge in [0.1, 0.15) is 0 Å². The summed E-state index contributed by atoms with van der Waals surface area (Å²) in [7, 11) is 0. The molecule has 3 amide bonds.